The third kappa shape index (κ3) is 4.69. The fourth-order valence-electron chi connectivity index (χ4n) is 3.05. The lowest BCUT2D eigenvalue weighted by molar-refractivity contribution is 0.221. The summed E-state index contributed by atoms with van der Waals surface area (Å²) in [6.45, 7) is 3.30. The highest BCUT2D eigenvalue weighted by atomic mass is 35.5. The van der Waals surface area contributed by atoms with E-state index in [2.05, 4.69) is 40.5 Å². The zero-order valence-corrected chi connectivity index (χ0v) is 13.9. The van der Waals surface area contributed by atoms with Crippen molar-refractivity contribution in [3.63, 3.8) is 0 Å². The van der Waals surface area contributed by atoms with Crippen LogP contribution in [-0.4, -0.2) is 30.6 Å². The Balaban J connectivity index is 1.44. The molecular formula is C19H22ClFN2. The molecule has 1 heterocycles. The van der Waals surface area contributed by atoms with Crippen molar-refractivity contribution in [3.05, 3.63) is 64.9 Å². The Morgan fingerprint density at radius 1 is 1.09 bits per heavy atom. The Kier molecular flexibility index (Phi) is 5.52. The quantitative estimate of drug-likeness (QED) is 0.861. The van der Waals surface area contributed by atoms with E-state index >= 15 is 0 Å². The lowest BCUT2D eigenvalue weighted by Gasteiger charge is -2.33. The monoisotopic (exact) mass is 332 g/mol. The molecule has 2 nitrogen and oxygen atoms in total. The second-order valence-corrected chi connectivity index (χ2v) is 6.53. The van der Waals surface area contributed by atoms with Gasteiger partial charge in [-0.25, -0.2) is 4.39 Å². The van der Waals surface area contributed by atoms with E-state index < -0.39 is 0 Å². The number of hydrogen-bond donors (Lipinski definition) is 1. The zero-order chi connectivity index (χ0) is 16.1. The molecule has 3 rings (SSSR count). The summed E-state index contributed by atoms with van der Waals surface area (Å²) in [6, 6.07) is 15.9. The summed E-state index contributed by atoms with van der Waals surface area (Å²) in [7, 11) is 0. The van der Waals surface area contributed by atoms with Crippen LogP contribution in [0.2, 0.25) is 5.02 Å². The maximum Gasteiger partial charge on any atom is 0.141 e. The minimum atomic E-state index is -0.368. The van der Waals surface area contributed by atoms with Crippen molar-refractivity contribution in [2.45, 2.75) is 25.3 Å². The third-order valence-corrected chi connectivity index (χ3v) is 4.73. The van der Waals surface area contributed by atoms with Crippen LogP contribution < -0.4 is 5.32 Å². The topological polar surface area (TPSA) is 15.3 Å². The maximum absolute atomic E-state index is 13.2. The van der Waals surface area contributed by atoms with E-state index in [9.17, 15) is 4.39 Å². The van der Waals surface area contributed by atoms with Gasteiger partial charge < -0.3 is 10.2 Å². The van der Waals surface area contributed by atoms with Crippen molar-refractivity contribution in [1.82, 2.24) is 4.90 Å². The van der Waals surface area contributed by atoms with Crippen LogP contribution in [0.1, 0.15) is 18.4 Å². The average molecular weight is 333 g/mol. The smallest absolute Gasteiger partial charge is 0.141 e. The van der Waals surface area contributed by atoms with Gasteiger partial charge in [0.25, 0.3) is 0 Å². The number of benzene rings is 2. The first-order chi connectivity index (χ1) is 11.2. The molecule has 0 radical (unpaired) electrons. The molecular weight excluding hydrogens is 311 g/mol. The first kappa shape index (κ1) is 16.3. The van der Waals surface area contributed by atoms with Gasteiger partial charge in [0.2, 0.25) is 0 Å². The molecule has 0 aromatic heterocycles. The van der Waals surface area contributed by atoms with E-state index in [-0.39, 0.29) is 10.8 Å². The summed E-state index contributed by atoms with van der Waals surface area (Å²) in [5.41, 5.74) is 2.30. The van der Waals surface area contributed by atoms with Crippen LogP contribution in [0, 0.1) is 5.82 Å². The lowest BCUT2D eigenvalue weighted by Crippen LogP contribution is -2.40. The summed E-state index contributed by atoms with van der Waals surface area (Å²) in [6.07, 6.45) is 3.31. The van der Waals surface area contributed by atoms with Crippen LogP contribution in [0.3, 0.4) is 0 Å². The van der Waals surface area contributed by atoms with Crippen LogP contribution in [0.4, 0.5) is 10.1 Å². The minimum Gasteiger partial charge on any atom is -0.382 e. The molecule has 0 unspecified atom stereocenters. The fraction of sp³-hybridized carbons (Fsp3) is 0.368. The van der Waals surface area contributed by atoms with E-state index in [1.54, 1.807) is 12.1 Å². The molecule has 2 aromatic carbocycles. The van der Waals surface area contributed by atoms with Crippen molar-refractivity contribution >= 4 is 17.3 Å². The van der Waals surface area contributed by atoms with Gasteiger partial charge in [0.1, 0.15) is 5.82 Å². The van der Waals surface area contributed by atoms with E-state index in [4.69, 9.17) is 11.6 Å². The highest BCUT2D eigenvalue weighted by Crippen LogP contribution is 2.22. The predicted molar refractivity (Wildman–Crippen MR) is 94.6 cm³/mol. The highest BCUT2D eigenvalue weighted by molar-refractivity contribution is 6.31. The standard InChI is InChI=1S/C19H22ClFN2/c20-18-14-17(6-7-19(18)21)22-16-9-12-23(13-10-16)11-8-15-4-2-1-3-5-15/h1-7,14,16,22H,8-13H2. The molecule has 1 fully saturated rings. The Bertz CT molecular complexity index is 625. The van der Waals surface area contributed by atoms with Gasteiger partial charge in [-0.3, -0.25) is 0 Å². The first-order valence-electron chi connectivity index (χ1n) is 8.18. The number of halogens is 2. The molecule has 0 spiro atoms. The van der Waals surface area contributed by atoms with Crippen molar-refractivity contribution in [1.29, 1.82) is 0 Å². The number of likely N-dealkylation sites (tertiary alicyclic amines) is 1. The predicted octanol–water partition coefficient (Wildman–Crippen LogP) is 4.60. The summed E-state index contributed by atoms with van der Waals surface area (Å²) in [4.78, 5) is 2.52. The second-order valence-electron chi connectivity index (χ2n) is 6.12. The normalized spacial score (nSPS) is 16.4. The molecule has 0 saturated carbocycles. The number of rotatable bonds is 5. The Morgan fingerprint density at radius 3 is 2.52 bits per heavy atom. The van der Waals surface area contributed by atoms with E-state index in [1.807, 2.05) is 0 Å². The van der Waals surface area contributed by atoms with Crippen LogP contribution in [0.15, 0.2) is 48.5 Å². The number of nitrogens with one attached hydrogen (secondary N) is 1. The number of hydrogen-bond acceptors (Lipinski definition) is 2. The van der Waals surface area contributed by atoms with E-state index in [0.29, 0.717) is 6.04 Å². The van der Waals surface area contributed by atoms with Gasteiger partial charge in [-0.2, -0.15) is 0 Å². The molecule has 1 aliphatic heterocycles. The van der Waals surface area contributed by atoms with Gasteiger partial charge in [-0.05, 0) is 43.0 Å². The van der Waals surface area contributed by atoms with Crippen LogP contribution in [0.5, 0.6) is 0 Å². The van der Waals surface area contributed by atoms with Gasteiger partial charge in [-0.1, -0.05) is 41.9 Å². The number of piperidine rings is 1. The molecule has 2 aromatic rings. The van der Waals surface area contributed by atoms with Crippen LogP contribution >= 0.6 is 11.6 Å². The Labute approximate surface area is 142 Å². The lowest BCUT2D eigenvalue weighted by atomic mass is 10.0. The van der Waals surface area contributed by atoms with Gasteiger partial charge in [-0.15, -0.1) is 0 Å². The average Bonchev–Trinajstić information content (AvgIpc) is 2.58. The Morgan fingerprint density at radius 2 is 1.83 bits per heavy atom. The molecule has 1 saturated heterocycles. The second kappa shape index (κ2) is 7.80. The van der Waals surface area contributed by atoms with Crippen LogP contribution in [-0.2, 0) is 6.42 Å². The minimum absolute atomic E-state index is 0.176. The molecule has 4 heteroatoms. The van der Waals surface area contributed by atoms with E-state index in [1.165, 1.54) is 11.6 Å². The summed E-state index contributed by atoms with van der Waals surface area (Å²) >= 11 is 5.83. The molecule has 0 bridgehead atoms. The van der Waals surface area contributed by atoms with Gasteiger partial charge >= 0.3 is 0 Å². The Hall–Kier alpha value is -1.58. The highest BCUT2D eigenvalue weighted by Gasteiger charge is 2.19. The summed E-state index contributed by atoms with van der Waals surface area (Å²) in [5.74, 6) is -0.368. The van der Waals surface area contributed by atoms with Crippen molar-refractivity contribution < 1.29 is 4.39 Å². The maximum atomic E-state index is 13.2. The number of nitrogens with zero attached hydrogens (tertiary/aromatic N) is 1. The van der Waals surface area contributed by atoms with Crippen LogP contribution in [0.25, 0.3) is 0 Å². The fourth-order valence-corrected chi connectivity index (χ4v) is 3.23. The molecule has 1 N–H and O–H groups in total. The zero-order valence-electron chi connectivity index (χ0n) is 13.1. The molecule has 0 aliphatic carbocycles. The summed E-state index contributed by atoms with van der Waals surface area (Å²) in [5, 5.41) is 3.64. The third-order valence-electron chi connectivity index (χ3n) is 4.44. The van der Waals surface area contributed by atoms with Gasteiger partial charge in [0.05, 0.1) is 5.02 Å². The van der Waals surface area contributed by atoms with Gasteiger partial charge in [0.15, 0.2) is 0 Å². The summed E-state index contributed by atoms with van der Waals surface area (Å²) < 4.78 is 13.2. The van der Waals surface area contributed by atoms with Crippen molar-refractivity contribution in [2.75, 3.05) is 25.0 Å². The van der Waals surface area contributed by atoms with Crippen molar-refractivity contribution in [3.8, 4) is 0 Å². The largest absolute Gasteiger partial charge is 0.382 e. The molecule has 1 aliphatic rings. The van der Waals surface area contributed by atoms with E-state index in [0.717, 1.165) is 44.6 Å². The first-order valence-corrected chi connectivity index (χ1v) is 8.56. The van der Waals surface area contributed by atoms with Gasteiger partial charge in [0, 0.05) is 31.4 Å². The molecule has 122 valence electrons. The van der Waals surface area contributed by atoms with Crippen molar-refractivity contribution in [2.24, 2.45) is 0 Å². The SMILES string of the molecule is Fc1ccc(NC2CCN(CCc3ccccc3)CC2)cc1Cl. The molecule has 23 heavy (non-hydrogen) atoms. The molecule has 0 atom stereocenters. The number of anilines is 1. The molecule has 0 amide bonds.